The molecule has 0 aromatic rings. The molecule has 1 saturated carbocycles. The summed E-state index contributed by atoms with van der Waals surface area (Å²) in [5.41, 5.74) is 5.31. The standard InChI is InChI=1S/C6H11NO/c1-4(8)6-2-5(6)3-7/h5-6H,2-3,7H2,1H3/t5-,6-/m1/s1. The molecule has 0 spiro atoms. The number of hydrogen-bond donors (Lipinski definition) is 1. The lowest BCUT2D eigenvalue weighted by molar-refractivity contribution is -0.118. The average molecular weight is 113 g/mol. The second kappa shape index (κ2) is 1.86. The predicted octanol–water partition coefficient (Wildman–Crippen LogP) is 0.170. The highest BCUT2D eigenvalue weighted by atomic mass is 16.1. The highest BCUT2D eigenvalue weighted by molar-refractivity contribution is 5.81. The van der Waals surface area contributed by atoms with Gasteiger partial charge in [-0.2, -0.15) is 0 Å². The molecule has 0 heterocycles. The summed E-state index contributed by atoms with van der Waals surface area (Å²) in [6.07, 6.45) is 1.03. The van der Waals surface area contributed by atoms with Crippen LogP contribution in [-0.2, 0) is 4.79 Å². The summed E-state index contributed by atoms with van der Waals surface area (Å²) in [4.78, 5) is 10.5. The zero-order valence-corrected chi connectivity index (χ0v) is 5.05. The van der Waals surface area contributed by atoms with Crippen LogP contribution in [0.1, 0.15) is 13.3 Å². The summed E-state index contributed by atoms with van der Waals surface area (Å²) in [7, 11) is 0. The van der Waals surface area contributed by atoms with Crippen LogP contribution in [0.5, 0.6) is 0 Å². The SMILES string of the molecule is CC(=O)[C@H]1C[C@@H]1CN. The molecule has 0 aromatic carbocycles. The van der Waals surface area contributed by atoms with Gasteiger partial charge in [0, 0.05) is 5.92 Å². The first-order chi connectivity index (χ1) is 3.75. The second-order valence-corrected chi connectivity index (χ2v) is 2.45. The molecule has 0 bridgehead atoms. The Balaban J connectivity index is 2.26. The maximum absolute atomic E-state index is 10.5. The van der Waals surface area contributed by atoms with Crippen molar-refractivity contribution in [2.24, 2.45) is 17.6 Å². The third-order valence-corrected chi connectivity index (χ3v) is 1.75. The van der Waals surface area contributed by atoms with Crippen molar-refractivity contribution in [2.75, 3.05) is 6.54 Å². The Labute approximate surface area is 49.1 Å². The molecule has 0 aliphatic heterocycles. The zero-order chi connectivity index (χ0) is 6.15. The molecular weight excluding hydrogens is 102 g/mol. The molecule has 1 fully saturated rings. The normalized spacial score (nSPS) is 34.8. The first-order valence-electron chi connectivity index (χ1n) is 2.96. The van der Waals surface area contributed by atoms with E-state index in [1.807, 2.05) is 0 Å². The summed E-state index contributed by atoms with van der Waals surface area (Å²) < 4.78 is 0. The van der Waals surface area contributed by atoms with Crippen molar-refractivity contribution in [1.82, 2.24) is 0 Å². The van der Waals surface area contributed by atoms with Gasteiger partial charge in [-0.15, -0.1) is 0 Å². The van der Waals surface area contributed by atoms with Crippen LogP contribution in [0.15, 0.2) is 0 Å². The largest absolute Gasteiger partial charge is 0.330 e. The van der Waals surface area contributed by atoms with E-state index >= 15 is 0 Å². The van der Waals surface area contributed by atoms with Gasteiger partial charge in [-0.25, -0.2) is 0 Å². The van der Waals surface area contributed by atoms with Crippen molar-refractivity contribution < 1.29 is 4.79 Å². The van der Waals surface area contributed by atoms with Crippen LogP contribution in [0.25, 0.3) is 0 Å². The van der Waals surface area contributed by atoms with Gasteiger partial charge in [0.1, 0.15) is 5.78 Å². The molecule has 0 saturated heterocycles. The van der Waals surface area contributed by atoms with Gasteiger partial charge in [0.2, 0.25) is 0 Å². The summed E-state index contributed by atoms with van der Waals surface area (Å²) in [5, 5.41) is 0. The quantitative estimate of drug-likeness (QED) is 0.554. The lowest BCUT2D eigenvalue weighted by Gasteiger charge is -1.86. The van der Waals surface area contributed by atoms with E-state index in [1.54, 1.807) is 6.92 Å². The van der Waals surface area contributed by atoms with Crippen molar-refractivity contribution in [2.45, 2.75) is 13.3 Å². The number of carbonyl (C=O) groups excluding carboxylic acids is 1. The number of rotatable bonds is 2. The van der Waals surface area contributed by atoms with E-state index in [-0.39, 0.29) is 0 Å². The van der Waals surface area contributed by atoms with Crippen LogP contribution in [0.4, 0.5) is 0 Å². The molecule has 46 valence electrons. The molecule has 1 rings (SSSR count). The lowest BCUT2D eigenvalue weighted by atomic mass is 10.2. The van der Waals surface area contributed by atoms with Crippen LogP contribution in [0.3, 0.4) is 0 Å². The number of carbonyl (C=O) groups is 1. The Kier molecular flexibility index (Phi) is 1.34. The van der Waals surface area contributed by atoms with Crippen LogP contribution >= 0.6 is 0 Å². The minimum atomic E-state index is 0.306. The minimum Gasteiger partial charge on any atom is -0.330 e. The molecule has 1 aliphatic rings. The van der Waals surface area contributed by atoms with E-state index in [2.05, 4.69) is 0 Å². The number of hydrogen-bond acceptors (Lipinski definition) is 2. The highest BCUT2D eigenvalue weighted by Crippen LogP contribution is 2.37. The van der Waals surface area contributed by atoms with E-state index in [9.17, 15) is 4.79 Å². The van der Waals surface area contributed by atoms with Gasteiger partial charge in [0.15, 0.2) is 0 Å². The van der Waals surface area contributed by atoms with E-state index in [4.69, 9.17) is 5.73 Å². The molecule has 1 aliphatic carbocycles. The molecular formula is C6H11NO. The van der Waals surface area contributed by atoms with Crippen LogP contribution in [-0.4, -0.2) is 12.3 Å². The van der Waals surface area contributed by atoms with Crippen LogP contribution < -0.4 is 5.73 Å². The second-order valence-electron chi connectivity index (χ2n) is 2.45. The van der Waals surface area contributed by atoms with Crippen molar-refractivity contribution in [1.29, 1.82) is 0 Å². The Morgan fingerprint density at radius 3 is 2.62 bits per heavy atom. The third-order valence-electron chi connectivity index (χ3n) is 1.75. The topological polar surface area (TPSA) is 43.1 Å². The molecule has 2 atom stereocenters. The summed E-state index contributed by atoms with van der Waals surface area (Å²) in [5.74, 6) is 1.15. The Morgan fingerprint density at radius 1 is 1.88 bits per heavy atom. The van der Waals surface area contributed by atoms with Gasteiger partial charge in [0.05, 0.1) is 0 Å². The van der Waals surface area contributed by atoms with Gasteiger partial charge in [-0.3, -0.25) is 4.79 Å². The van der Waals surface area contributed by atoms with Crippen LogP contribution in [0.2, 0.25) is 0 Å². The van der Waals surface area contributed by atoms with Crippen molar-refractivity contribution >= 4 is 5.78 Å². The number of nitrogens with two attached hydrogens (primary N) is 1. The Morgan fingerprint density at radius 2 is 2.50 bits per heavy atom. The highest BCUT2D eigenvalue weighted by Gasteiger charge is 2.38. The van der Waals surface area contributed by atoms with Crippen molar-refractivity contribution in [3.05, 3.63) is 0 Å². The Hall–Kier alpha value is -0.370. The molecule has 8 heavy (non-hydrogen) atoms. The van der Waals surface area contributed by atoms with E-state index in [0.717, 1.165) is 6.42 Å². The van der Waals surface area contributed by atoms with Gasteiger partial charge >= 0.3 is 0 Å². The maximum Gasteiger partial charge on any atom is 0.133 e. The first kappa shape index (κ1) is 5.76. The number of ketones is 1. The summed E-state index contributed by atoms with van der Waals surface area (Å²) in [6.45, 7) is 2.32. The zero-order valence-electron chi connectivity index (χ0n) is 5.05. The lowest BCUT2D eigenvalue weighted by Crippen LogP contribution is -2.05. The van der Waals surface area contributed by atoms with Crippen LogP contribution in [0, 0.1) is 11.8 Å². The van der Waals surface area contributed by atoms with E-state index < -0.39 is 0 Å². The molecule has 0 aromatic heterocycles. The molecule has 0 radical (unpaired) electrons. The minimum absolute atomic E-state index is 0.306. The van der Waals surface area contributed by atoms with E-state index in [0.29, 0.717) is 24.2 Å². The summed E-state index contributed by atoms with van der Waals surface area (Å²) in [6, 6.07) is 0. The molecule has 0 unspecified atom stereocenters. The molecule has 2 N–H and O–H groups in total. The fraction of sp³-hybridized carbons (Fsp3) is 0.833. The summed E-state index contributed by atoms with van der Waals surface area (Å²) >= 11 is 0. The molecule has 2 nitrogen and oxygen atoms in total. The maximum atomic E-state index is 10.5. The predicted molar refractivity (Wildman–Crippen MR) is 31.3 cm³/mol. The number of Topliss-reactive ketones (excluding diaryl/α,β-unsaturated/α-hetero) is 1. The first-order valence-corrected chi connectivity index (χ1v) is 2.96. The fourth-order valence-electron chi connectivity index (χ4n) is 1.01. The van der Waals surface area contributed by atoms with Gasteiger partial charge in [-0.05, 0) is 25.8 Å². The van der Waals surface area contributed by atoms with Gasteiger partial charge < -0.3 is 5.73 Å². The third kappa shape index (κ3) is 0.892. The smallest absolute Gasteiger partial charge is 0.133 e. The van der Waals surface area contributed by atoms with Gasteiger partial charge in [-0.1, -0.05) is 0 Å². The van der Waals surface area contributed by atoms with Crippen molar-refractivity contribution in [3.8, 4) is 0 Å². The van der Waals surface area contributed by atoms with Gasteiger partial charge in [0.25, 0.3) is 0 Å². The average Bonchev–Trinajstić information content (AvgIpc) is 2.42. The Bertz CT molecular complexity index is 111. The molecule has 2 heteroatoms. The van der Waals surface area contributed by atoms with E-state index in [1.165, 1.54) is 0 Å². The monoisotopic (exact) mass is 113 g/mol. The fourth-order valence-corrected chi connectivity index (χ4v) is 1.01. The molecule has 0 amide bonds. The van der Waals surface area contributed by atoms with Crippen molar-refractivity contribution in [3.63, 3.8) is 0 Å².